The van der Waals surface area contributed by atoms with Gasteiger partial charge in [0, 0.05) is 23.1 Å². The molecule has 0 radical (unpaired) electrons. The van der Waals surface area contributed by atoms with Crippen molar-refractivity contribution in [3.63, 3.8) is 0 Å². The van der Waals surface area contributed by atoms with Crippen LogP contribution >= 0.6 is 11.6 Å². The van der Waals surface area contributed by atoms with Crippen LogP contribution in [0.3, 0.4) is 0 Å². The summed E-state index contributed by atoms with van der Waals surface area (Å²) in [6.07, 6.45) is 5.30. The molecule has 19 heavy (non-hydrogen) atoms. The van der Waals surface area contributed by atoms with Crippen LogP contribution in [0.1, 0.15) is 44.2 Å². The third-order valence-electron chi connectivity index (χ3n) is 4.76. The highest BCUT2D eigenvalue weighted by Crippen LogP contribution is 2.35. The van der Waals surface area contributed by atoms with Crippen molar-refractivity contribution in [2.75, 3.05) is 13.1 Å². The molecular formula is C16H23ClN2. The molecule has 2 nitrogen and oxygen atoms in total. The zero-order valence-electron chi connectivity index (χ0n) is 11.6. The van der Waals surface area contributed by atoms with Crippen molar-refractivity contribution < 1.29 is 0 Å². The van der Waals surface area contributed by atoms with E-state index in [9.17, 15) is 0 Å². The maximum Gasteiger partial charge on any atom is 0.0453 e. The normalized spacial score (nSPS) is 29.8. The van der Waals surface area contributed by atoms with Gasteiger partial charge in [0.1, 0.15) is 0 Å². The van der Waals surface area contributed by atoms with Crippen molar-refractivity contribution in [2.45, 2.75) is 50.7 Å². The SMILES string of the molecule is CC(c1ccccc1Cl)N1CCCC1C1CCCN1. The van der Waals surface area contributed by atoms with E-state index >= 15 is 0 Å². The second-order valence-corrected chi connectivity index (χ2v) is 6.25. The van der Waals surface area contributed by atoms with Crippen LogP contribution in [0.15, 0.2) is 24.3 Å². The topological polar surface area (TPSA) is 15.3 Å². The summed E-state index contributed by atoms with van der Waals surface area (Å²) in [4.78, 5) is 2.66. The van der Waals surface area contributed by atoms with Crippen molar-refractivity contribution >= 4 is 11.6 Å². The summed E-state index contributed by atoms with van der Waals surface area (Å²) < 4.78 is 0. The molecule has 0 saturated carbocycles. The van der Waals surface area contributed by atoms with E-state index in [1.807, 2.05) is 12.1 Å². The van der Waals surface area contributed by atoms with Gasteiger partial charge in [-0.3, -0.25) is 4.90 Å². The van der Waals surface area contributed by atoms with Gasteiger partial charge in [0.05, 0.1) is 0 Å². The fraction of sp³-hybridized carbons (Fsp3) is 0.625. The maximum atomic E-state index is 6.36. The number of hydrogen-bond acceptors (Lipinski definition) is 2. The summed E-state index contributed by atoms with van der Waals surface area (Å²) in [6, 6.07) is 10.1. The Morgan fingerprint density at radius 1 is 1.26 bits per heavy atom. The van der Waals surface area contributed by atoms with Crippen molar-refractivity contribution in [1.29, 1.82) is 0 Å². The molecule has 0 spiro atoms. The Morgan fingerprint density at radius 3 is 2.84 bits per heavy atom. The molecule has 2 fully saturated rings. The van der Waals surface area contributed by atoms with Crippen LogP contribution < -0.4 is 5.32 Å². The Labute approximate surface area is 121 Å². The second kappa shape index (κ2) is 5.82. The first-order chi connectivity index (χ1) is 9.27. The minimum Gasteiger partial charge on any atom is -0.312 e. The molecule has 1 aromatic carbocycles. The summed E-state index contributed by atoms with van der Waals surface area (Å²) in [7, 11) is 0. The van der Waals surface area contributed by atoms with Gasteiger partial charge in [0.25, 0.3) is 0 Å². The Morgan fingerprint density at radius 2 is 2.11 bits per heavy atom. The molecule has 0 bridgehead atoms. The van der Waals surface area contributed by atoms with Crippen LogP contribution in [0.25, 0.3) is 0 Å². The Hall–Kier alpha value is -0.570. The Kier molecular flexibility index (Phi) is 4.11. The zero-order valence-corrected chi connectivity index (χ0v) is 12.4. The summed E-state index contributed by atoms with van der Waals surface area (Å²) in [6.45, 7) is 4.69. The van der Waals surface area contributed by atoms with Crippen LogP contribution in [-0.2, 0) is 0 Å². The summed E-state index contributed by atoms with van der Waals surface area (Å²) in [5, 5.41) is 4.58. The number of halogens is 1. The highest BCUT2D eigenvalue weighted by molar-refractivity contribution is 6.31. The van der Waals surface area contributed by atoms with Gasteiger partial charge in [0.2, 0.25) is 0 Å². The number of likely N-dealkylation sites (tertiary alicyclic amines) is 1. The highest BCUT2D eigenvalue weighted by Gasteiger charge is 2.36. The lowest BCUT2D eigenvalue weighted by molar-refractivity contribution is 0.163. The molecule has 2 saturated heterocycles. The molecular weight excluding hydrogens is 256 g/mol. The summed E-state index contributed by atoms with van der Waals surface area (Å²) in [5.74, 6) is 0. The number of nitrogens with one attached hydrogen (secondary N) is 1. The standard InChI is InChI=1S/C16H23ClN2/c1-12(13-6-2-3-7-14(13)17)19-11-5-9-16(19)15-8-4-10-18-15/h2-3,6-7,12,15-16,18H,4-5,8-11H2,1H3. The fourth-order valence-corrected chi connectivity index (χ4v) is 4.05. The summed E-state index contributed by atoms with van der Waals surface area (Å²) >= 11 is 6.36. The molecule has 2 aliphatic rings. The van der Waals surface area contributed by atoms with Crippen LogP contribution in [0.4, 0.5) is 0 Å². The predicted octanol–water partition coefficient (Wildman–Crippen LogP) is 3.62. The smallest absolute Gasteiger partial charge is 0.0453 e. The van der Waals surface area contributed by atoms with Gasteiger partial charge in [-0.1, -0.05) is 29.8 Å². The fourth-order valence-electron chi connectivity index (χ4n) is 3.76. The third kappa shape index (κ3) is 2.67. The average Bonchev–Trinajstić information content (AvgIpc) is 3.09. The van der Waals surface area contributed by atoms with Crippen LogP contribution in [-0.4, -0.2) is 30.1 Å². The van der Waals surface area contributed by atoms with Gasteiger partial charge in [-0.05, 0) is 57.3 Å². The number of benzene rings is 1. The van der Waals surface area contributed by atoms with E-state index in [0.29, 0.717) is 18.1 Å². The van der Waals surface area contributed by atoms with Gasteiger partial charge >= 0.3 is 0 Å². The van der Waals surface area contributed by atoms with Gasteiger partial charge in [0.15, 0.2) is 0 Å². The molecule has 104 valence electrons. The first-order valence-corrected chi connectivity index (χ1v) is 7.89. The first-order valence-electron chi connectivity index (χ1n) is 7.51. The van der Waals surface area contributed by atoms with E-state index in [4.69, 9.17) is 11.6 Å². The number of hydrogen-bond donors (Lipinski definition) is 1. The zero-order chi connectivity index (χ0) is 13.2. The van der Waals surface area contributed by atoms with Gasteiger partial charge < -0.3 is 5.32 Å². The maximum absolute atomic E-state index is 6.36. The second-order valence-electron chi connectivity index (χ2n) is 5.85. The van der Waals surface area contributed by atoms with Crippen molar-refractivity contribution in [1.82, 2.24) is 10.2 Å². The molecule has 0 aliphatic carbocycles. The minimum absolute atomic E-state index is 0.420. The van der Waals surface area contributed by atoms with E-state index in [-0.39, 0.29) is 0 Å². The Balaban J connectivity index is 1.78. The quantitative estimate of drug-likeness (QED) is 0.909. The molecule has 0 aromatic heterocycles. The van der Waals surface area contributed by atoms with E-state index in [1.165, 1.54) is 44.3 Å². The van der Waals surface area contributed by atoms with E-state index in [1.54, 1.807) is 0 Å². The first kappa shape index (κ1) is 13.4. The predicted molar refractivity (Wildman–Crippen MR) is 80.6 cm³/mol. The van der Waals surface area contributed by atoms with Crippen LogP contribution in [0, 0.1) is 0 Å². The molecule has 3 unspecified atom stereocenters. The lowest BCUT2D eigenvalue weighted by Gasteiger charge is -2.34. The van der Waals surface area contributed by atoms with Crippen LogP contribution in [0.2, 0.25) is 5.02 Å². The molecule has 1 N–H and O–H groups in total. The van der Waals surface area contributed by atoms with E-state index < -0.39 is 0 Å². The van der Waals surface area contributed by atoms with Gasteiger partial charge in [-0.25, -0.2) is 0 Å². The van der Waals surface area contributed by atoms with Crippen molar-refractivity contribution in [3.8, 4) is 0 Å². The minimum atomic E-state index is 0.420. The van der Waals surface area contributed by atoms with E-state index in [0.717, 1.165) is 5.02 Å². The van der Waals surface area contributed by atoms with Gasteiger partial charge in [-0.15, -0.1) is 0 Å². The number of nitrogens with zero attached hydrogens (tertiary/aromatic N) is 1. The van der Waals surface area contributed by atoms with Crippen LogP contribution in [0.5, 0.6) is 0 Å². The monoisotopic (exact) mass is 278 g/mol. The number of rotatable bonds is 3. The van der Waals surface area contributed by atoms with E-state index in [2.05, 4.69) is 29.3 Å². The molecule has 2 heterocycles. The Bertz CT molecular complexity index is 429. The van der Waals surface area contributed by atoms with Crippen molar-refractivity contribution in [3.05, 3.63) is 34.9 Å². The average molecular weight is 279 g/mol. The molecule has 3 rings (SSSR count). The highest BCUT2D eigenvalue weighted by atomic mass is 35.5. The molecule has 1 aromatic rings. The lowest BCUT2D eigenvalue weighted by atomic mass is 10.0. The lowest BCUT2D eigenvalue weighted by Crippen LogP contribution is -2.44. The molecule has 2 aliphatic heterocycles. The third-order valence-corrected chi connectivity index (χ3v) is 5.10. The summed E-state index contributed by atoms with van der Waals surface area (Å²) in [5.41, 5.74) is 1.27. The molecule has 0 amide bonds. The van der Waals surface area contributed by atoms with Gasteiger partial charge in [-0.2, -0.15) is 0 Å². The molecule has 3 heteroatoms. The molecule has 3 atom stereocenters. The van der Waals surface area contributed by atoms with Crippen molar-refractivity contribution in [2.24, 2.45) is 0 Å². The largest absolute Gasteiger partial charge is 0.312 e.